The molecule has 0 saturated heterocycles. The lowest BCUT2D eigenvalue weighted by Gasteiger charge is -2.06. The van der Waals surface area contributed by atoms with E-state index in [0.717, 1.165) is 6.42 Å². The number of fused-ring (bicyclic) bond motifs is 3. The van der Waals surface area contributed by atoms with E-state index in [1.165, 1.54) is 92.0 Å². The summed E-state index contributed by atoms with van der Waals surface area (Å²) in [6.45, 7) is 2.29. The van der Waals surface area contributed by atoms with E-state index in [4.69, 9.17) is 0 Å². The predicted octanol–water partition coefficient (Wildman–Crippen LogP) is 7.33. The van der Waals surface area contributed by atoms with Gasteiger partial charge in [0, 0.05) is 0 Å². The molecule has 0 aromatic heterocycles. The van der Waals surface area contributed by atoms with Crippen molar-refractivity contribution < 1.29 is 0 Å². The third kappa shape index (κ3) is 4.50. The normalized spacial score (nSPS) is 12.2. The van der Waals surface area contributed by atoms with Crippen LogP contribution in [0.25, 0.3) is 11.1 Å². The van der Waals surface area contributed by atoms with Crippen molar-refractivity contribution in [3.63, 3.8) is 0 Å². The number of unbranched alkanes of at least 4 members (excludes halogenated alkanes) is 8. The summed E-state index contributed by atoms with van der Waals surface area (Å²) < 4.78 is 0. The molecule has 0 saturated carbocycles. The lowest BCUT2D eigenvalue weighted by molar-refractivity contribution is 0.565. The van der Waals surface area contributed by atoms with Crippen LogP contribution in [-0.4, -0.2) is 0 Å². The van der Waals surface area contributed by atoms with Gasteiger partial charge >= 0.3 is 0 Å². The third-order valence-corrected chi connectivity index (χ3v) is 5.43. The minimum absolute atomic E-state index is 1.11. The van der Waals surface area contributed by atoms with Crippen LogP contribution in [0.3, 0.4) is 0 Å². The van der Waals surface area contributed by atoms with Gasteiger partial charge in [0.25, 0.3) is 0 Å². The first-order valence-electron chi connectivity index (χ1n) is 10.1. The van der Waals surface area contributed by atoms with Gasteiger partial charge in [-0.15, -0.1) is 0 Å². The number of hydrogen-bond donors (Lipinski definition) is 0. The van der Waals surface area contributed by atoms with Crippen LogP contribution in [0, 0.1) is 0 Å². The Morgan fingerprint density at radius 1 is 0.667 bits per heavy atom. The van der Waals surface area contributed by atoms with Gasteiger partial charge in [0.1, 0.15) is 0 Å². The molecule has 0 spiro atoms. The molecule has 0 aliphatic heterocycles. The molecule has 2 aromatic carbocycles. The number of aryl methyl sites for hydroxylation is 1. The quantitative estimate of drug-likeness (QED) is 0.343. The minimum atomic E-state index is 1.11. The molecule has 0 heterocycles. The van der Waals surface area contributed by atoms with E-state index in [9.17, 15) is 0 Å². The number of rotatable bonds is 10. The zero-order valence-corrected chi connectivity index (χ0v) is 15.3. The van der Waals surface area contributed by atoms with Crippen LogP contribution in [-0.2, 0) is 12.8 Å². The van der Waals surface area contributed by atoms with Crippen LogP contribution >= 0.6 is 0 Å². The summed E-state index contributed by atoms with van der Waals surface area (Å²) in [5.41, 5.74) is 7.47. The van der Waals surface area contributed by atoms with E-state index in [1.54, 1.807) is 0 Å². The van der Waals surface area contributed by atoms with Crippen molar-refractivity contribution in [3.8, 4) is 11.1 Å². The Morgan fingerprint density at radius 2 is 1.33 bits per heavy atom. The summed E-state index contributed by atoms with van der Waals surface area (Å²) in [6.07, 6.45) is 15.0. The molecule has 0 radical (unpaired) electrons. The van der Waals surface area contributed by atoms with Crippen molar-refractivity contribution in [3.05, 3.63) is 59.2 Å². The second-order valence-corrected chi connectivity index (χ2v) is 7.40. The highest BCUT2D eigenvalue weighted by Gasteiger charge is 2.17. The molecule has 0 amide bonds. The van der Waals surface area contributed by atoms with E-state index in [-0.39, 0.29) is 0 Å². The van der Waals surface area contributed by atoms with Gasteiger partial charge in [0.05, 0.1) is 0 Å². The van der Waals surface area contributed by atoms with Gasteiger partial charge in [-0.1, -0.05) is 101 Å². The highest BCUT2D eigenvalue weighted by atomic mass is 14.2. The maximum atomic E-state index is 2.45. The minimum Gasteiger partial charge on any atom is -0.0654 e. The second kappa shape index (κ2) is 9.06. The summed E-state index contributed by atoms with van der Waals surface area (Å²) >= 11 is 0. The molecule has 0 nitrogen and oxygen atoms in total. The van der Waals surface area contributed by atoms with Gasteiger partial charge in [-0.2, -0.15) is 0 Å². The SMILES string of the molecule is CCCCCCCCCCCc1ccc2c(c1)-c1ccccc1C2. The van der Waals surface area contributed by atoms with E-state index in [0.29, 0.717) is 0 Å². The fourth-order valence-corrected chi connectivity index (χ4v) is 3.97. The topological polar surface area (TPSA) is 0 Å². The van der Waals surface area contributed by atoms with E-state index in [1.807, 2.05) is 0 Å². The van der Waals surface area contributed by atoms with Crippen LogP contribution in [0.2, 0.25) is 0 Å². The van der Waals surface area contributed by atoms with Crippen LogP contribution in [0.4, 0.5) is 0 Å². The number of benzene rings is 2. The Labute approximate surface area is 148 Å². The van der Waals surface area contributed by atoms with Crippen molar-refractivity contribution >= 4 is 0 Å². The van der Waals surface area contributed by atoms with Crippen LogP contribution in [0.15, 0.2) is 42.5 Å². The van der Waals surface area contributed by atoms with Gasteiger partial charge in [0.2, 0.25) is 0 Å². The molecule has 0 N–H and O–H groups in total. The maximum absolute atomic E-state index is 2.45. The molecule has 1 aliphatic carbocycles. The first-order chi connectivity index (χ1) is 11.9. The molecule has 2 aromatic rings. The Hall–Kier alpha value is -1.56. The average molecular weight is 321 g/mol. The van der Waals surface area contributed by atoms with Crippen LogP contribution < -0.4 is 0 Å². The summed E-state index contributed by atoms with van der Waals surface area (Å²) in [6, 6.07) is 16.0. The largest absolute Gasteiger partial charge is 0.0654 e. The van der Waals surface area contributed by atoms with Crippen molar-refractivity contribution in [1.29, 1.82) is 0 Å². The van der Waals surface area contributed by atoms with Crippen molar-refractivity contribution in [1.82, 2.24) is 0 Å². The fraction of sp³-hybridized carbons (Fsp3) is 0.500. The molecule has 0 bridgehead atoms. The Bertz CT molecular complexity index is 638. The molecule has 128 valence electrons. The highest BCUT2D eigenvalue weighted by Crippen LogP contribution is 2.37. The molecular weight excluding hydrogens is 288 g/mol. The first kappa shape index (κ1) is 17.3. The lowest BCUT2D eigenvalue weighted by atomic mass is 9.99. The third-order valence-electron chi connectivity index (χ3n) is 5.43. The molecule has 1 aliphatic rings. The van der Waals surface area contributed by atoms with Gasteiger partial charge < -0.3 is 0 Å². The van der Waals surface area contributed by atoms with Gasteiger partial charge in [-0.25, -0.2) is 0 Å². The molecular formula is C24H32. The molecule has 24 heavy (non-hydrogen) atoms. The Kier molecular flexibility index (Phi) is 6.52. The van der Waals surface area contributed by atoms with Gasteiger partial charge in [-0.05, 0) is 47.1 Å². The van der Waals surface area contributed by atoms with Crippen LogP contribution in [0.5, 0.6) is 0 Å². The first-order valence-corrected chi connectivity index (χ1v) is 10.1. The second-order valence-electron chi connectivity index (χ2n) is 7.40. The Morgan fingerprint density at radius 3 is 2.12 bits per heavy atom. The van der Waals surface area contributed by atoms with E-state index >= 15 is 0 Å². The molecule has 3 rings (SSSR count). The molecule has 0 unspecified atom stereocenters. The zero-order chi connectivity index (χ0) is 16.6. The summed E-state index contributed by atoms with van der Waals surface area (Å²) in [7, 11) is 0. The summed E-state index contributed by atoms with van der Waals surface area (Å²) in [5.74, 6) is 0. The summed E-state index contributed by atoms with van der Waals surface area (Å²) in [5, 5.41) is 0. The van der Waals surface area contributed by atoms with E-state index in [2.05, 4.69) is 49.4 Å². The zero-order valence-electron chi connectivity index (χ0n) is 15.3. The summed E-state index contributed by atoms with van der Waals surface area (Å²) in [4.78, 5) is 0. The smallest absolute Gasteiger partial charge is 0.00135 e. The Balaban J connectivity index is 1.40. The van der Waals surface area contributed by atoms with Gasteiger partial charge in [-0.3, -0.25) is 0 Å². The molecule has 0 atom stereocenters. The lowest BCUT2D eigenvalue weighted by Crippen LogP contribution is -1.89. The monoisotopic (exact) mass is 320 g/mol. The predicted molar refractivity (Wildman–Crippen MR) is 106 cm³/mol. The molecule has 0 fully saturated rings. The highest BCUT2D eigenvalue weighted by molar-refractivity contribution is 5.77. The maximum Gasteiger partial charge on any atom is -0.00135 e. The standard InChI is InChI=1S/C24H32/c1-2-3-4-5-6-7-8-9-10-13-20-16-17-22-19-21-14-11-12-15-23(21)24(22)18-20/h11-12,14-18H,2-10,13,19H2,1H3. The van der Waals surface area contributed by atoms with Crippen molar-refractivity contribution in [2.75, 3.05) is 0 Å². The van der Waals surface area contributed by atoms with Crippen molar-refractivity contribution in [2.24, 2.45) is 0 Å². The van der Waals surface area contributed by atoms with E-state index < -0.39 is 0 Å². The average Bonchev–Trinajstić information content (AvgIpc) is 2.98. The molecule has 0 heteroatoms. The van der Waals surface area contributed by atoms with Crippen LogP contribution in [0.1, 0.15) is 81.4 Å². The fourth-order valence-electron chi connectivity index (χ4n) is 3.97. The van der Waals surface area contributed by atoms with Gasteiger partial charge in [0.15, 0.2) is 0 Å². The van der Waals surface area contributed by atoms with Crippen molar-refractivity contribution in [2.45, 2.75) is 77.6 Å². The number of hydrogen-bond acceptors (Lipinski definition) is 0.